The van der Waals surface area contributed by atoms with Crippen LogP contribution in [0.25, 0.3) is 0 Å². The summed E-state index contributed by atoms with van der Waals surface area (Å²) in [5.74, 6) is -0.421. The van der Waals surface area contributed by atoms with Gasteiger partial charge in [0.1, 0.15) is 6.04 Å². The van der Waals surface area contributed by atoms with Crippen LogP contribution in [-0.2, 0) is 32.6 Å². The molecule has 0 heterocycles. The summed E-state index contributed by atoms with van der Waals surface area (Å²) in [6.45, 7) is 8.17. The predicted octanol–water partition coefficient (Wildman–Crippen LogP) is 5.10. The predicted molar refractivity (Wildman–Crippen MR) is 161 cm³/mol. The number of hydrogen-bond donors (Lipinski definition) is 1. The topological polar surface area (TPSA) is 86.8 Å². The Bertz CT molecular complexity index is 1370. The van der Waals surface area contributed by atoms with Crippen LogP contribution in [0.3, 0.4) is 0 Å². The van der Waals surface area contributed by atoms with Gasteiger partial charge in [-0.25, -0.2) is 8.42 Å². The van der Waals surface area contributed by atoms with Crippen molar-refractivity contribution in [3.8, 4) is 0 Å². The van der Waals surface area contributed by atoms with Crippen molar-refractivity contribution in [3.05, 3.63) is 102 Å². The summed E-state index contributed by atoms with van der Waals surface area (Å²) in [4.78, 5) is 29.3. The Hall–Kier alpha value is -3.65. The molecular weight excluding hydrogens is 522 g/mol. The van der Waals surface area contributed by atoms with E-state index in [1.165, 1.54) is 10.6 Å². The highest BCUT2D eigenvalue weighted by molar-refractivity contribution is 7.92. The van der Waals surface area contributed by atoms with E-state index in [2.05, 4.69) is 5.32 Å². The molecular formula is C32H41N3O4S. The number of aryl methyl sites for hydroxylation is 1. The first kappa shape index (κ1) is 30.9. The average molecular weight is 564 g/mol. The zero-order chi connectivity index (χ0) is 29.3. The van der Waals surface area contributed by atoms with Gasteiger partial charge in [0.25, 0.3) is 0 Å². The molecule has 3 aromatic rings. The number of nitrogens with zero attached hydrogens (tertiary/aromatic N) is 2. The number of sulfonamides is 1. The van der Waals surface area contributed by atoms with Gasteiger partial charge in [-0.05, 0) is 62.9 Å². The second kappa shape index (κ2) is 13.6. The minimum atomic E-state index is -3.54. The first-order chi connectivity index (χ1) is 18.8. The van der Waals surface area contributed by atoms with Crippen molar-refractivity contribution < 1.29 is 18.0 Å². The number of hydrogen-bond acceptors (Lipinski definition) is 4. The molecule has 0 aliphatic rings. The van der Waals surface area contributed by atoms with Crippen LogP contribution in [0, 0.1) is 6.92 Å². The Balaban J connectivity index is 1.91. The van der Waals surface area contributed by atoms with Gasteiger partial charge in [0, 0.05) is 31.5 Å². The van der Waals surface area contributed by atoms with Crippen LogP contribution in [0.4, 0.5) is 5.69 Å². The number of carbonyl (C=O) groups is 2. The fourth-order valence-corrected chi connectivity index (χ4v) is 5.54. The molecule has 0 saturated carbocycles. The number of nitrogens with one attached hydrogen (secondary N) is 1. The van der Waals surface area contributed by atoms with E-state index in [1.807, 2.05) is 88.4 Å². The van der Waals surface area contributed by atoms with E-state index in [0.717, 1.165) is 16.7 Å². The summed E-state index contributed by atoms with van der Waals surface area (Å²) in [5.41, 5.74) is 3.02. The maximum atomic E-state index is 13.9. The summed E-state index contributed by atoms with van der Waals surface area (Å²) in [7, 11) is -3.54. The van der Waals surface area contributed by atoms with E-state index < -0.39 is 21.6 Å². The molecule has 1 atom stereocenters. The normalized spacial score (nSPS) is 12.4. The lowest BCUT2D eigenvalue weighted by molar-refractivity contribution is -0.142. The minimum Gasteiger partial charge on any atom is -0.350 e. The zero-order valence-corrected chi connectivity index (χ0v) is 24.9. The zero-order valence-electron chi connectivity index (χ0n) is 24.1. The summed E-state index contributed by atoms with van der Waals surface area (Å²) in [6.07, 6.45) is 1.93. The Morgan fingerprint density at radius 3 is 2.02 bits per heavy atom. The molecule has 0 saturated heterocycles. The third-order valence-electron chi connectivity index (χ3n) is 6.57. The number of rotatable bonds is 12. The maximum Gasteiger partial charge on any atom is 0.243 e. The molecule has 3 aromatic carbocycles. The first-order valence-electron chi connectivity index (χ1n) is 13.6. The summed E-state index contributed by atoms with van der Waals surface area (Å²) >= 11 is 0. The molecule has 0 spiro atoms. The van der Waals surface area contributed by atoms with Gasteiger partial charge in [0.15, 0.2) is 0 Å². The Morgan fingerprint density at radius 2 is 1.45 bits per heavy atom. The van der Waals surface area contributed by atoms with E-state index in [4.69, 9.17) is 0 Å². The first-order valence-corrected chi connectivity index (χ1v) is 15.4. The number of amides is 2. The van der Waals surface area contributed by atoms with Crippen molar-refractivity contribution >= 4 is 27.5 Å². The van der Waals surface area contributed by atoms with E-state index in [-0.39, 0.29) is 31.3 Å². The van der Waals surface area contributed by atoms with Crippen molar-refractivity contribution in [2.24, 2.45) is 0 Å². The van der Waals surface area contributed by atoms with Crippen molar-refractivity contribution in [1.29, 1.82) is 0 Å². The van der Waals surface area contributed by atoms with Gasteiger partial charge in [-0.1, -0.05) is 72.8 Å². The van der Waals surface area contributed by atoms with E-state index >= 15 is 0 Å². The molecule has 0 aromatic heterocycles. The third-order valence-corrected chi connectivity index (χ3v) is 7.76. The molecule has 40 heavy (non-hydrogen) atoms. The van der Waals surface area contributed by atoms with Crippen molar-refractivity contribution in [3.63, 3.8) is 0 Å². The largest absolute Gasteiger partial charge is 0.350 e. The maximum absolute atomic E-state index is 13.9. The fraction of sp³-hybridized carbons (Fsp3) is 0.375. The molecule has 0 aliphatic heterocycles. The Labute approximate surface area is 239 Å². The molecule has 0 fully saturated rings. The van der Waals surface area contributed by atoms with E-state index in [9.17, 15) is 18.0 Å². The molecule has 8 heteroatoms. The molecule has 214 valence electrons. The summed E-state index contributed by atoms with van der Waals surface area (Å²) < 4.78 is 26.4. The van der Waals surface area contributed by atoms with Crippen LogP contribution in [0.5, 0.6) is 0 Å². The SMILES string of the molecule is Cc1ccccc1CN(C(=O)CCCN(c1ccccc1)S(C)(=O)=O)[C@@H](Cc1ccccc1)C(=O)NC(C)(C)C. The molecule has 3 rings (SSSR count). The lowest BCUT2D eigenvalue weighted by atomic mass is 9.99. The average Bonchev–Trinajstić information content (AvgIpc) is 2.89. The van der Waals surface area contributed by atoms with Crippen molar-refractivity contribution in [2.75, 3.05) is 17.1 Å². The van der Waals surface area contributed by atoms with E-state index in [0.29, 0.717) is 18.5 Å². The van der Waals surface area contributed by atoms with Gasteiger partial charge < -0.3 is 10.2 Å². The number of anilines is 1. The van der Waals surface area contributed by atoms with Crippen LogP contribution < -0.4 is 9.62 Å². The standard InChI is InChI=1S/C32H41N3O4S/c1-25-15-12-13-18-27(25)24-34(29(31(37)33-32(2,3)4)23-26-16-8-6-9-17-26)30(36)21-14-22-35(40(5,38)39)28-19-10-7-11-20-28/h6-13,15-20,29H,14,21-24H2,1-5H3,(H,33,37)/t29-/m0/s1. The van der Waals surface area contributed by atoms with Gasteiger partial charge in [-0.3, -0.25) is 13.9 Å². The van der Waals surface area contributed by atoms with Gasteiger partial charge in [0.2, 0.25) is 21.8 Å². The van der Waals surface area contributed by atoms with Gasteiger partial charge in [-0.15, -0.1) is 0 Å². The quantitative estimate of drug-likeness (QED) is 0.332. The van der Waals surface area contributed by atoms with Gasteiger partial charge >= 0.3 is 0 Å². The second-order valence-electron chi connectivity index (χ2n) is 11.2. The Morgan fingerprint density at radius 1 is 0.875 bits per heavy atom. The second-order valence-corrected chi connectivity index (χ2v) is 13.1. The Kier molecular flexibility index (Phi) is 10.5. The molecule has 0 unspecified atom stereocenters. The molecule has 0 bridgehead atoms. The van der Waals surface area contributed by atoms with Crippen molar-refractivity contribution in [1.82, 2.24) is 10.2 Å². The van der Waals surface area contributed by atoms with Crippen molar-refractivity contribution in [2.45, 2.75) is 65.1 Å². The number of benzene rings is 3. The van der Waals surface area contributed by atoms with Crippen LogP contribution in [0.2, 0.25) is 0 Å². The monoisotopic (exact) mass is 563 g/mol. The molecule has 0 radical (unpaired) electrons. The number of para-hydroxylation sites is 1. The highest BCUT2D eigenvalue weighted by Crippen LogP contribution is 2.21. The number of carbonyl (C=O) groups excluding carboxylic acids is 2. The van der Waals surface area contributed by atoms with Crippen LogP contribution in [0.1, 0.15) is 50.3 Å². The highest BCUT2D eigenvalue weighted by Gasteiger charge is 2.32. The lowest BCUT2D eigenvalue weighted by Crippen LogP contribution is -2.54. The van der Waals surface area contributed by atoms with Gasteiger partial charge in [-0.2, -0.15) is 0 Å². The van der Waals surface area contributed by atoms with Crippen LogP contribution in [-0.4, -0.2) is 49.5 Å². The molecule has 7 nitrogen and oxygen atoms in total. The fourth-order valence-electron chi connectivity index (χ4n) is 4.58. The summed E-state index contributed by atoms with van der Waals surface area (Å²) in [5, 5.41) is 3.07. The lowest BCUT2D eigenvalue weighted by Gasteiger charge is -2.34. The highest BCUT2D eigenvalue weighted by atomic mass is 32.2. The van der Waals surface area contributed by atoms with Crippen LogP contribution >= 0.6 is 0 Å². The molecule has 2 amide bonds. The smallest absolute Gasteiger partial charge is 0.243 e. The van der Waals surface area contributed by atoms with Gasteiger partial charge in [0.05, 0.1) is 11.9 Å². The molecule has 0 aliphatic carbocycles. The van der Waals surface area contributed by atoms with E-state index in [1.54, 1.807) is 29.2 Å². The summed E-state index contributed by atoms with van der Waals surface area (Å²) in [6, 6.07) is 25.6. The minimum absolute atomic E-state index is 0.0961. The molecule has 1 N–H and O–H groups in total. The van der Waals surface area contributed by atoms with Crippen LogP contribution in [0.15, 0.2) is 84.9 Å². The third kappa shape index (κ3) is 9.23.